The summed E-state index contributed by atoms with van der Waals surface area (Å²) in [6, 6.07) is 29.3. The largest absolute Gasteiger partial charge is 0.488 e. The number of hydrogen-bond acceptors (Lipinski definition) is 7. The second-order valence-corrected chi connectivity index (χ2v) is 12.0. The molecule has 0 spiro atoms. The zero-order chi connectivity index (χ0) is 31.3. The van der Waals surface area contributed by atoms with E-state index in [-0.39, 0.29) is 25.7 Å². The van der Waals surface area contributed by atoms with Crippen molar-refractivity contribution in [1.82, 2.24) is 10.2 Å². The van der Waals surface area contributed by atoms with Crippen molar-refractivity contribution in [1.29, 1.82) is 5.26 Å². The number of halogens is 2. The van der Waals surface area contributed by atoms with Crippen LogP contribution in [-0.4, -0.2) is 41.9 Å². The lowest BCUT2D eigenvalue weighted by atomic mass is 10.0. The van der Waals surface area contributed by atoms with Crippen molar-refractivity contribution in [3.05, 3.63) is 117 Å². The van der Waals surface area contributed by atoms with Gasteiger partial charge >= 0.3 is 0 Å². The van der Waals surface area contributed by atoms with Crippen LogP contribution in [0.1, 0.15) is 22.3 Å². The summed E-state index contributed by atoms with van der Waals surface area (Å²) in [5.41, 5.74) is 5.35. The summed E-state index contributed by atoms with van der Waals surface area (Å²) < 4.78 is 13.5. The van der Waals surface area contributed by atoms with E-state index in [1.807, 2.05) is 53.4 Å². The molecule has 4 aromatic carbocycles. The molecule has 0 saturated heterocycles. The van der Waals surface area contributed by atoms with Gasteiger partial charge in [0, 0.05) is 52.8 Å². The first-order valence-electron chi connectivity index (χ1n) is 14.0. The molecule has 44 heavy (non-hydrogen) atoms. The van der Waals surface area contributed by atoms with Gasteiger partial charge in [0.25, 0.3) is 0 Å². The SMILES string of the molecule is N#Cc1cccc(COc2cc(OCc3cccc(-c4ccccc4)c3Br)c(Cl)cc2CN(CCS)CC(=O)NCCS)c1. The molecule has 0 aliphatic rings. The van der Waals surface area contributed by atoms with Gasteiger partial charge in [0.1, 0.15) is 24.7 Å². The van der Waals surface area contributed by atoms with Gasteiger partial charge in [-0.1, -0.05) is 72.3 Å². The summed E-state index contributed by atoms with van der Waals surface area (Å²) in [7, 11) is 0. The highest BCUT2D eigenvalue weighted by atomic mass is 79.9. The number of nitrogens with one attached hydrogen (secondary N) is 1. The van der Waals surface area contributed by atoms with E-state index >= 15 is 0 Å². The fourth-order valence-corrected chi connectivity index (χ4v) is 5.82. The summed E-state index contributed by atoms with van der Waals surface area (Å²) in [6.45, 7) is 2.20. The summed E-state index contributed by atoms with van der Waals surface area (Å²) in [4.78, 5) is 14.5. The molecule has 0 heterocycles. The molecule has 0 atom stereocenters. The lowest BCUT2D eigenvalue weighted by molar-refractivity contribution is -0.122. The fourth-order valence-electron chi connectivity index (χ4n) is 4.57. The summed E-state index contributed by atoms with van der Waals surface area (Å²) >= 11 is 19.1. The molecule has 0 fully saturated rings. The normalized spacial score (nSPS) is 10.8. The Morgan fingerprint density at radius 3 is 2.43 bits per heavy atom. The van der Waals surface area contributed by atoms with Crippen molar-refractivity contribution in [2.24, 2.45) is 0 Å². The molecule has 6 nitrogen and oxygen atoms in total. The van der Waals surface area contributed by atoms with Crippen LogP contribution >= 0.6 is 52.8 Å². The zero-order valence-electron chi connectivity index (χ0n) is 24.0. The Morgan fingerprint density at radius 1 is 0.909 bits per heavy atom. The molecule has 0 saturated carbocycles. The quantitative estimate of drug-likeness (QED) is 0.111. The van der Waals surface area contributed by atoms with Gasteiger partial charge in [-0.05, 0) is 50.8 Å². The predicted octanol–water partition coefficient (Wildman–Crippen LogP) is 7.58. The minimum Gasteiger partial charge on any atom is -0.488 e. The standard InChI is InChI=1S/C34H33BrClN3O3S2/c35-34-27(10-5-11-29(34)26-8-2-1-3-9-26)23-42-32-18-31(41-22-25-7-4-6-24(16-25)19-37)28(17-30(32)36)20-39(13-15-44)21-33(40)38-12-14-43/h1-11,16-18,43-44H,12-15,20-23H2,(H,38,40). The first-order valence-corrected chi connectivity index (χ1v) is 16.5. The summed E-state index contributed by atoms with van der Waals surface area (Å²) in [5.74, 6) is 2.09. The molecule has 4 rings (SSSR count). The molecular weight excluding hydrogens is 678 g/mol. The Balaban J connectivity index is 1.59. The Bertz CT molecular complexity index is 1600. The Labute approximate surface area is 283 Å². The first-order chi connectivity index (χ1) is 21.4. The maximum atomic E-state index is 12.5. The van der Waals surface area contributed by atoms with Gasteiger partial charge in [-0.15, -0.1) is 0 Å². The van der Waals surface area contributed by atoms with Crippen molar-refractivity contribution in [2.45, 2.75) is 19.8 Å². The third kappa shape index (κ3) is 9.68. The van der Waals surface area contributed by atoms with E-state index in [1.165, 1.54) is 0 Å². The van der Waals surface area contributed by atoms with Gasteiger partial charge in [0.15, 0.2) is 0 Å². The maximum Gasteiger partial charge on any atom is 0.234 e. The number of amides is 1. The molecule has 0 bridgehead atoms. The van der Waals surface area contributed by atoms with Crippen molar-refractivity contribution in [3.63, 3.8) is 0 Å². The van der Waals surface area contributed by atoms with E-state index < -0.39 is 0 Å². The lowest BCUT2D eigenvalue weighted by Gasteiger charge is -2.23. The highest BCUT2D eigenvalue weighted by Gasteiger charge is 2.18. The van der Waals surface area contributed by atoms with E-state index in [4.69, 9.17) is 21.1 Å². The van der Waals surface area contributed by atoms with Crippen LogP contribution in [0.5, 0.6) is 11.5 Å². The van der Waals surface area contributed by atoms with Gasteiger partial charge < -0.3 is 14.8 Å². The van der Waals surface area contributed by atoms with E-state index in [9.17, 15) is 10.1 Å². The third-order valence-corrected chi connectivity index (χ3v) is 8.38. The van der Waals surface area contributed by atoms with Gasteiger partial charge in [-0.3, -0.25) is 9.69 Å². The van der Waals surface area contributed by atoms with Crippen LogP contribution < -0.4 is 14.8 Å². The number of rotatable bonds is 15. The zero-order valence-corrected chi connectivity index (χ0v) is 28.1. The molecule has 0 aliphatic carbocycles. The molecule has 0 radical (unpaired) electrons. The van der Waals surface area contributed by atoms with Crippen molar-refractivity contribution < 1.29 is 14.3 Å². The molecule has 4 aromatic rings. The Kier molecular flexibility index (Phi) is 13.3. The summed E-state index contributed by atoms with van der Waals surface area (Å²) in [6.07, 6.45) is 0. The van der Waals surface area contributed by atoms with Gasteiger partial charge in [0.2, 0.25) is 5.91 Å². The number of thiol groups is 2. The second-order valence-electron chi connectivity index (χ2n) is 9.93. The molecule has 0 unspecified atom stereocenters. The van der Waals surface area contributed by atoms with Gasteiger partial charge in [-0.2, -0.15) is 30.5 Å². The number of carbonyl (C=O) groups excluding carboxylic acids is 1. The van der Waals surface area contributed by atoms with Crippen LogP contribution in [0, 0.1) is 11.3 Å². The van der Waals surface area contributed by atoms with E-state index in [1.54, 1.807) is 18.2 Å². The van der Waals surface area contributed by atoms with Gasteiger partial charge in [0.05, 0.1) is 23.2 Å². The van der Waals surface area contributed by atoms with Gasteiger partial charge in [-0.25, -0.2) is 0 Å². The van der Waals surface area contributed by atoms with Crippen molar-refractivity contribution in [2.75, 3.05) is 31.1 Å². The van der Waals surface area contributed by atoms with E-state index in [2.05, 4.69) is 70.8 Å². The average Bonchev–Trinajstić information content (AvgIpc) is 3.04. The molecular formula is C34H33BrClN3O3S2. The number of hydrogen-bond donors (Lipinski definition) is 3. The van der Waals surface area contributed by atoms with Crippen LogP contribution in [0.3, 0.4) is 0 Å². The average molecular weight is 711 g/mol. The molecule has 0 aliphatic heterocycles. The summed E-state index contributed by atoms with van der Waals surface area (Å²) in [5, 5.41) is 12.6. The van der Waals surface area contributed by atoms with Crippen LogP contribution in [0.2, 0.25) is 5.02 Å². The van der Waals surface area contributed by atoms with E-state index in [0.29, 0.717) is 53.2 Å². The highest BCUT2D eigenvalue weighted by molar-refractivity contribution is 9.10. The third-order valence-electron chi connectivity index (χ3n) is 6.72. The topological polar surface area (TPSA) is 74.6 Å². The second kappa shape index (κ2) is 17.4. The predicted molar refractivity (Wildman–Crippen MR) is 187 cm³/mol. The van der Waals surface area contributed by atoms with Crippen LogP contribution in [-0.2, 0) is 24.6 Å². The van der Waals surface area contributed by atoms with E-state index in [0.717, 1.165) is 32.3 Å². The van der Waals surface area contributed by atoms with Crippen molar-refractivity contribution >= 4 is 58.7 Å². The molecule has 0 aromatic heterocycles. The molecule has 10 heteroatoms. The lowest BCUT2D eigenvalue weighted by Crippen LogP contribution is -2.38. The van der Waals surface area contributed by atoms with Crippen LogP contribution in [0.25, 0.3) is 11.1 Å². The number of carbonyl (C=O) groups is 1. The first kappa shape index (κ1) is 33.8. The Morgan fingerprint density at radius 2 is 1.68 bits per heavy atom. The molecule has 1 amide bonds. The monoisotopic (exact) mass is 709 g/mol. The number of benzene rings is 4. The number of nitriles is 1. The number of ether oxygens (including phenoxy) is 2. The number of nitrogens with zero attached hydrogens (tertiary/aromatic N) is 2. The highest BCUT2D eigenvalue weighted by Crippen LogP contribution is 2.36. The minimum atomic E-state index is -0.0917. The fraction of sp³-hybridized carbons (Fsp3) is 0.235. The van der Waals surface area contributed by atoms with Crippen LogP contribution in [0.15, 0.2) is 89.4 Å². The Hall–Kier alpha value is -3.13. The minimum absolute atomic E-state index is 0.0917. The smallest absolute Gasteiger partial charge is 0.234 e. The molecule has 228 valence electrons. The van der Waals surface area contributed by atoms with Crippen LogP contribution in [0.4, 0.5) is 0 Å². The van der Waals surface area contributed by atoms with Crippen molar-refractivity contribution in [3.8, 4) is 28.7 Å². The maximum absolute atomic E-state index is 12.5. The molecule has 1 N–H and O–H groups in total.